The molecule has 0 N–H and O–H groups in total. The molecule has 0 bridgehead atoms. The summed E-state index contributed by atoms with van der Waals surface area (Å²) < 4.78 is 13.5. The standard InChI is InChI=1S/C22H23N2O2/c1-2-13-24-20-5-3-4-6-21(20)26-22(24)12-9-18-7-10-19(11-8-18)23-14-16-25-17-15-23/h2-13H,14-17H2,1H3/q+1/b13-2-. The van der Waals surface area contributed by atoms with E-state index in [0.717, 1.165) is 48.9 Å². The molecule has 1 saturated heterocycles. The molecule has 0 saturated carbocycles. The summed E-state index contributed by atoms with van der Waals surface area (Å²) in [4.78, 5) is 2.36. The fourth-order valence-corrected chi connectivity index (χ4v) is 3.23. The minimum atomic E-state index is 0.804. The summed E-state index contributed by atoms with van der Waals surface area (Å²) in [6.07, 6.45) is 8.13. The van der Waals surface area contributed by atoms with Gasteiger partial charge in [-0.05, 0) is 42.8 Å². The SMILES string of the molecule is C/C=C\[n+]1c(/C=C/c2ccc(N3CCOCC3)cc2)oc2ccccc21. The molecule has 1 aliphatic rings. The van der Waals surface area contributed by atoms with Crippen molar-refractivity contribution in [2.24, 2.45) is 0 Å². The van der Waals surface area contributed by atoms with Crippen molar-refractivity contribution in [3.63, 3.8) is 0 Å². The average molecular weight is 347 g/mol. The molecule has 4 nitrogen and oxygen atoms in total. The van der Waals surface area contributed by atoms with Crippen molar-refractivity contribution in [3.05, 3.63) is 66.1 Å². The lowest BCUT2D eigenvalue weighted by Crippen LogP contribution is -2.36. The van der Waals surface area contributed by atoms with Crippen LogP contribution in [0.2, 0.25) is 0 Å². The van der Waals surface area contributed by atoms with Crippen LogP contribution in [0.1, 0.15) is 18.4 Å². The van der Waals surface area contributed by atoms with Crippen LogP contribution in [-0.4, -0.2) is 26.3 Å². The highest BCUT2D eigenvalue weighted by atomic mass is 16.5. The Morgan fingerprint density at radius 1 is 0.962 bits per heavy atom. The molecule has 26 heavy (non-hydrogen) atoms. The first-order chi connectivity index (χ1) is 12.8. The predicted molar refractivity (Wildman–Crippen MR) is 106 cm³/mol. The van der Waals surface area contributed by atoms with Gasteiger partial charge in [-0.15, -0.1) is 4.57 Å². The maximum atomic E-state index is 6.00. The molecular formula is C22H23N2O2+. The van der Waals surface area contributed by atoms with Crippen LogP contribution in [0.25, 0.3) is 29.5 Å². The summed E-state index contributed by atoms with van der Waals surface area (Å²) in [5, 5.41) is 0. The zero-order valence-corrected chi connectivity index (χ0v) is 15.0. The minimum Gasteiger partial charge on any atom is -0.398 e. The Kier molecular flexibility index (Phi) is 4.84. The molecule has 1 fully saturated rings. The van der Waals surface area contributed by atoms with Gasteiger partial charge in [-0.1, -0.05) is 24.3 Å². The molecule has 2 aromatic carbocycles. The summed E-state index contributed by atoms with van der Waals surface area (Å²) in [6.45, 7) is 5.53. The van der Waals surface area contributed by atoms with E-state index >= 15 is 0 Å². The summed E-state index contributed by atoms with van der Waals surface area (Å²) in [5.74, 6) is 0.807. The minimum absolute atomic E-state index is 0.804. The van der Waals surface area contributed by atoms with Gasteiger partial charge in [-0.2, -0.15) is 0 Å². The summed E-state index contributed by atoms with van der Waals surface area (Å²) in [7, 11) is 0. The van der Waals surface area contributed by atoms with Crippen LogP contribution in [0.4, 0.5) is 5.69 Å². The van der Waals surface area contributed by atoms with Crippen molar-refractivity contribution in [3.8, 4) is 0 Å². The van der Waals surface area contributed by atoms with E-state index in [2.05, 4.69) is 45.9 Å². The molecule has 2 heterocycles. The molecule has 0 unspecified atom stereocenters. The zero-order chi connectivity index (χ0) is 17.8. The van der Waals surface area contributed by atoms with Gasteiger partial charge >= 0.3 is 5.89 Å². The van der Waals surface area contributed by atoms with Crippen molar-refractivity contribution in [2.75, 3.05) is 31.2 Å². The quantitative estimate of drug-likeness (QED) is 0.662. The highest BCUT2D eigenvalue weighted by Crippen LogP contribution is 2.19. The molecule has 0 amide bonds. The van der Waals surface area contributed by atoms with Crippen LogP contribution in [0.5, 0.6) is 0 Å². The third-order valence-corrected chi connectivity index (χ3v) is 4.56. The van der Waals surface area contributed by atoms with Crippen LogP contribution < -0.4 is 9.47 Å². The van der Waals surface area contributed by atoms with Crippen LogP contribution in [-0.2, 0) is 4.74 Å². The van der Waals surface area contributed by atoms with Crippen LogP contribution >= 0.6 is 0 Å². The molecular weight excluding hydrogens is 324 g/mol. The Morgan fingerprint density at radius 2 is 1.73 bits per heavy atom. The second-order valence-corrected chi connectivity index (χ2v) is 6.28. The fraction of sp³-hybridized carbons (Fsp3) is 0.227. The topological polar surface area (TPSA) is 29.5 Å². The number of para-hydroxylation sites is 2. The number of fused-ring (bicyclic) bond motifs is 1. The van der Waals surface area contributed by atoms with E-state index in [1.807, 2.05) is 43.5 Å². The van der Waals surface area contributed by atoms with E-state index in [9.17, 15) is 0 Å². The Hall–Kier alpha value is -2.85. The lowest BCUT2D eigenvalue weighted by Gasteiger charge is -2.28. The van der Waals surface area contributed by atoms with Gasteiger partial charge in [-0.3, -0.25) is 0 Å². The third kappa shape index (κ3) is 3.41. The Morgan fingerprint density at radius 3 is 2.50 bits per heavy atom. The fourth-order valence-electron chi connectivity index (χ4n) is 3.23. The normalized spacial score (nSPS) is 15.5. The van der Waals surface area contributed by atoms with E-state index in [0.29, 0.717) is 0 Å². The van der Waals surface area contributed by atoms with Gasteiger partial charge in [0.25, 0.3) is 5.52 Å². The highest BCUT2D eigenvalue weighted by molar-refractivity contribution is 5.73. The molecule has 1 aliphatic heterocycles. The Labute approximate surface area is 153 Å². The first-order valence-electron chi connectivity index (χ1n) is 9.02. The number of ether oxygens (including phenoxy) is 1. The number of anilines is 1. The second kappa shape index (κ2) is 7.58. The smallest absolute Gasteiger partial charge is 0.379 e. The number of hydrogen-bond donors (Lipinski definition) is 0. The summed E-state index contributed by atoms with van der Waals surface area (Å²) >= 11 is 0. The molecule has 4 heteroatoms. The van der Waals surface area contributed by atoms with Crippen molar-refractivity contribution >= 4 is 35.1 Å². The Bertz CT molecular complexity index is 932. The largest absolute Gasteiger partial charge is 0.398 e. The molecule has 4 rings (SSSR count). The predicted octanol–water partition coefficient (Wildman–Crippen LogP) is 4.22. The lowest BCUT2D eigenvalue weighted by atomic mass is 10.1. The van der Waals surface area contributed by atoms with Crippen LogP contribution in [0.15, 0.2) is 59.0 Å². The van der Waals surface area contributed by atoms with Gasteiger partial charge in [0.2, 0.25) is 5.58 Å². The first-order valence-corrected chi connectivity index (χ1v) is 9.02. The van der Waals surface area contributed by atoms with E-state index in [1.54, 1.807) is 0 Å². The van der Waals surface area contributed by atoms with Gasteiger partial charge in [0.1, 0.15) is 0 Å². The van der Waals surface area contributed by atoms with E-state index in [1.165, 1.54) is 5.69 Å². The van der Waals surface area contributed by atoms with E-state index in [4.69, 9.17) is 9.15 Å². The van der Waals surface area contributed by atoms with Gasteiger partial charge in [0.05, 0.1) is 19.3 Å². The first kappa shape index (κ1) is 16.6. The highest BCUT2D eigenvalue weighted by Gasteiger charge is 2.17. The van der Waals surface area contributed by atoms with Crippen LogP contribution in [0.3, 0.4) is 0 Å². The number of hydrogen-bond acceptors (Lipinski definition) is 3. The zero-order valence-electron chi connectivity index (χ0n) is 15.0. The maximum Gasteiger partial charge on any atom is 0.379 e. The number of morpholine rings is 1. The molecule has 0 spiro atoms. The van der Waals surface area contributed by atoms with Gasteiger partial charge in [-0.25, -0.2) is 0 Å². The Balaban J connectivity index is 1.58. The van der Waals surface area contributed by atoms with Crippen molar-refractivity contribution in [1.82, 2.24) is 0 Å². The average Bonchev–Trinajstić information content (AvgIpc) is 3.05. The number of aromatic nitrogens is 1. The molecule has 0 radical (unpaired) electrons. The molecule has 3 aromatic rings. The van der Waals surface area contributed by atoms with Crippen molar-refractivity contribution in [2.45, 2.75) is 6.92 Å². The number of rotatable bonds is 4. The van der Waals surface area contributed by atoms with E-state index < -0.39 is 0 Å². The van der Waals surface area contributed by atoms with Crippen molar-refractivity contribution < 1.29 is 13.7 Å². The summed E-state index contributed by atoms with van der Waals surface area (Å²) in [5.41, 5.74) is 4.34. The van der Waals surface area contributed by atoms with Crippen molar-refractivity contribution in [1.29, 1.82) is 0 Å². The van der Waals surface area contributed by atoms with E-state index in [-0.39, 0.29) is 0 Å². The number of allylic oxidation sites excluding steroid dienone is 1. The van der Waals surface area contributed by atoms with Gasteiger partial charge in [0.15, 0.2) is 6.20 Å². The molecule has 0 aliphatic carbocycles. The molecule has 0 atom stereocenters. The molecule has 132 valence electrons. The third-order valence-electron chi connectivity index (χ3n) is 4.56. The summed E-state index contributed by atoms with van der Waals surface area (Å²) in [6, 6.07) is 16.7. The molecule has 1 aromatic heterocycles. The van der Waals surface area contributed by atoms with Crippen LogP contribution in [0, 0.1) is 0 Å². The monoisotopic (exact) mass is 347 g/mol. The number of benzene rings is 2. The number of nitrogens with zero attached hydrogens (tertiary/aromatic N) is 2. The second-order valence-electron chi connectivity index (χ2n) is 6.28. The van der Waals surface area contributed by atoms with Gasteiger partial charge in [0, 0.05) is 24.8 Å². The maximum absolute atomic E-state index is 6.00. The lowest BCUT2D eigenvalue weighted by molar-refractivity contribution is -0.547. The van der Waals surface area contributed by atoms with Gasteiger partial charge < -0.3 is 14.1 Å². The number of oxazole rings is 1.